The molecule has 8 nitrogen and oxygen atoms in total. The molecular weight excluding hydrogens is 436 g/mol. The van der Waals surface area contributed by atoms with Crippen molar-refractivity contribution in [3.8, 4) is 17.1 Å². The van der Waals surface area contributed by atoms with Crippen molar-refractivity contribution in [1.82, 2.24) is 23.8 Å². The van der Waals surface area contributed by atoms with Crippen molar-refractivity contribution in [2.45, 2.75) is 33.2 Å². The highest BCUT2D eigenvalue weighted by molar-refractivity contribution is 7.89. The highest BCUT2D eigenvalue weighted by Crippen LogP contribution is 2.31. The van der Waals surface area contributed by atoms with Crippen molar-refractivity contribution in [2.75, 3.05) is 24.2 Å². The van der Waals surface area contributed by atoms with Crippen LogP contribution in [0.15, 0.2) is 48.7 Å². The zero-order valence-corrected chi connectivity index (χ0v) is 19.9. The van der Waals surface area contributed by atoms with Crippen LogP contribution in [-0.4, -0.2) is 57.1 Å². The van der Waals surface area contributed by atoms with E-state index in [1.165, 1.54) is 0 Å². The fourth-order valence-corrected chi connectivity index (χ4v) is 5.79. The first-order valence-corrected chi connectivity index (χ1v) is 12.8. The quantitative estimate of drug-likeness (QED) is 0.452. The van der Waals surface area contributed by atoms with Crippen LogP contribution in [0.2, 0.25) is 0 Å². The van der Waals surface area contributed by atoms with Crippen LogP contribution in [0.4, 0.5) is 5.69 Å². The first-order valence-electron chi connectivity index (χ1n) is 11.2. The summed E-state index contributed by atoms with van der Waals surface area (Å²) < 4.78 is 28.2. The Morgan fingerprint density at radius 2 is 1.97 bits per heavy atom. The molecule has 2 N–H and O–H groups in total. The molecule has 1 saturated heterocycles. The number of aromatic amines is 1. The fraction of sp³-hybridized carbons (Fsp3) is 0.333. The summed E-state index contributed by atoms with van der Waals surface area (Å²) in [6, 6.07) is 14.4. The van der Waals surface area contributed by atoms with E-state index >= 15 is 0 Å². The van der Waals surface area contributed by atoms with Gasteiger partial charge in [-0.1, -0.05) is 18.2 Å². The van der Waals surface area contributed by atoms with Crippen molar-refractivity contribution < 1.29 is 8.42 Å². The van der Waals surface area contributed by atoms with E-state index in [1.807, 2.05) is 24.3 Å². The number of aryl methyl sites for hydroxylation is 1. The highest BCUT2D eigenvalue weighted by atomic mass is 32.2. The number of para-hydroxylation sites is 1. The lowest BCUT2D eigenvalue weighted by Crippen LogP contribution is -2.32. The molecule has 0 saturated carbocycles. The number of hydrogen-bond acceptors (Lipinski definition) is 5. The lowest BCUT2D eigenvalue weighted by molar-refractivity contribution is 0.476. The lowest BCUT2D eigenvalue weighted by Gasteiger charge is -2.17. The molecule has 33 heavy (non-hydrogen) atoms. The van der Waals surface area contributed by atoms with Crippen LogP contribution in [0.1, 0.15) is 24.7 Å². The summed E-state index contributed by atoms with van der Waals surface area (Å²) >= 11 is 0. The lowest BCUT2D eigenvalue weighted by atomic mass is 10.2. The largest absolute Gasteiger partial charge is 0.379 e. The monoisotopic (exact) mass is 464 g/mol. The molecule has 0 bridgehead atoms. The maximum atomic E-state index is 12.2. The van der Waals surface area contributed by atoms with E-state index in [1.54, 1.807) is 17.4 Å². The van der Waals surface area contributed by atoms with E-state index in [0.29, 0.717) is 18.7 Å². The summed E-state index contributed by atoms with van der Waals surface area (Å²) in [5.41, 5.74) is 6.72. The predicted octanol–water partition coefficient (Wildman–Crippen LogP) is 3.87. The van der Waals surface area contributed by atoms with Crippen molar-refractivity contribution in [2.24, 2.45) is 0 Å². The summed E-state index contributed by atoms with van der Waals surface area (Å²) in [5.74, 6) is 0.897. The summed E-state index contributed by atoms with van der Waals surface area (Å²) in [5, 5.41) is 3.51. The first-order chi connectivity index (χ1) is 15.9. The minimum absolute atomic E-state index is 0.0480. The number of rotatable bonds is 6. The van der Waals surface area contributed by atoms with Gasteiger partial charge in [-0.15, -0.1) is 0 Å². The van der Waals surface area contributed by atoms with Crippen molar-refractivity contribution >= 4 is 26.9 Å². The molecule has 3 aromatic heterocycles. The maximum Gasteiger partial charge on any atom is 0.213 e. The molecule has 1 aliphatic rings. The van der Waals surface area contributed by atoms with Gasteiger partial charge >= 0.3 is 0 Å². The predicted molar refractivity (Wildman–Crippen MR) is 131 cm³/mol. The van der Waals surface area contributed by atoms with E-state index in [2.05, 4.69) is 51.9 Å². The molecule has 9 heteroatoms. The van der Waals surface area contributed by atoms with E-state index in [0.717, 1.165) is 46.1 Å². The molecule has 0 aliphatic carbocycles. The summed E-state index contributed by atoms with van der Waals surface area (Å²) in [6.07, 6.45) is 2.50. The molecule has 4 aromatic rings. The van der Waals surface area contributed by atoms with Gasteiger partial charge in [0.25, 0.3) is 0 Å². The number of imidazole rings is 1. The van der Waals surface area contributed by atoms with Gasteiger partial charge in [0.2, 0.25) is 10.0 Å². The Morgan fingerprint density at radius 1 is 1.18 bits per heavy atom. The SMILES string of the molecule is CCS(=O)(=O)N1CC[C@H](Nc2ccnc3nc(-c4cc(C)n(-c5ccccc5)c4C)[nH]c23)C1. The van der Waals surface area contributed by atoms with Gasteiger partial charge in [-0.25, -0.2) is 18.4 Å². The second-order valence-corrected chi connectivity index (χ2v) is 10.7. The minimum Gasteiger partial charge on any atom is -0.379 e. The smallest absolute Gasteiger partial charge is 0.213 e. The number of aromatic nitrogens is 4. The molecule has 1 fully saturated rings. The maximum absolute atomic E-state index is 12.2. The standard InChI is InChI=1S/C24H28N6O2S/c1-4-33(31,32)29-13-11-18(15-29)26-21-10-12-25-24-22(21)27-23(28-24)20-14-16(2)30(17(20)3)19-8-6-5-7-9-19/h5-10,12,14,18H,4,11,13,15H2,1-3H3,(H2,25,26,27,28)/t18-/m0/s1. The normalized spacial score (nSPS) is 17.1. The van der Waals surface area contributed by atoms with Gasteiger partial charge in [0.15, 0.2) is 5.65 Å². The average Bonchev–Trinajstić information content (AvgIpc) is 3.52. The van der Waals surface area contributed by atoms with Gasteiger partial charge in [0, 0.05) is 48.0 Å². The van der Waals surface area contributed by atoms with Crippen molar-refractivity contribution in [3.05, 3.63) is 60.0 Å². The van der Waals surface area contributed by atoms with E-state index in [9.17, 15) is 8.42 Å². The number of nitrogens with zero attached hydrogens (tertiary/aromatic N) is 4. The minimum atomic E-state index is -3.17. The molecular formula is C24H28N6O2S. The Morgan fingerprint density at radius 3 is 2.73 bits per heavy atom. The Kier molecular flexibility index (Phi) is 5.46. The van der Waals surface area contributed by atoms with Crippen LogP contribution >= 0.6 is 0 Å². The molecule has 0 unspecified atom stereocenters. The molecule has 4 heterocycles. The number of benzene rings is 1. The summed E-state index contributed by atoms with van der Waals surface area (Å²) in [6.45, 7) is 6.88. The average molecular weight is 465 g/mol. The Bertz CT molecular complexity index is 1410. The number of H-pyrrole nitrogens is 1. The molecule has 1 aliphatic heterocycles. The van der Waals surface area contributed by atoms with Gasteiger partial charge in [0.1, 0.15) is 11.3 Å². The second kappa shape index (κ2) is 8.31. The molecule has 0 amide bonds. The molecule has 0 radical (unpaired) electrons. The molecule has 0 spiro atoms. The number of pyridine rings is 1. The zero-order chi connectivity index (χ0) is 23.2. The highest BCUT2D eigenvalue weighted by Gasteiger charge is 2.30. The van der Waals surface area contributed by atoms with Crippen LogP contribution in [-0.2, 0) is 10.0 Å². The third kappa shape index (κ3) is 3.91. The van der Waals surface area contributed by atoms with Crippen LogP contribution in [0, 0.1) is 13.8 Å². The fourth-order valence-electron chi connectivity index (χ4n) is 4.64. The molecule has 5 rings (SSSR count). The van der Waals surface area contributed by atoms with E-state index in [-0.39, 0.29) is 11.8 Å². The Hall–Kier alpha value is -3.17. The van der Waals surface area contributed by atoms with Gasteiger partial charge in [-0.2, -0.15) is 4.31 Å². The van der Waals surface area contributed by atoms with E-state index in [4.69, 9.17) is 4.98 Å². The van der Waals surface area contributed by atoms with Gasteiger partial charge in [-0.3, -0.25) is 0 Å². The van der Waals surface area contributed by atoms with Gasteiger partial charge < -0.3 is 14.9 Å². The number of anilines is 1. The summed E-state index contributed by atoms with van der Waals surface area (Å²) in [7, 11) is -3.17. The zero-order valence-electron chi connectivity index (χ0n) is 19.0. The molecule has 1 aromatic carbocycles. The number of hydrogen-bond donors (Lipinski definition) is 2. The van der Waals surface area contributed by atoms with Crippen LogP contribution in [0.3, 0.4) is 0 Å². The second-order valence-electron chi connectivity index (χ2n) is 8.49. The van der Waals surface area contributed by atoms with Crippen LogP contribution < -0.4 is 5.32 Å². The van der Waals surface area contributed by atoms with Crippen LogP contribution in [0.5, 0.6) is 0 Å². The Balaban J connectivity index is 1.46. The summed E-state index contributed by atoms with van der Waals surface area (Å²) in [4.78, 5) is 12.7. The van der Waals surface area contributed by atoms with Crippen LogP contribution in [0.25, 0.3) is 28.2 Å². The third-order valence-electron chi connectivity index (χ3n) is 6.36. The number of nitrogens with one attached hydrogen (secondary N) is 2. The van der Waals surface area contributed by atoms with Gasteiger partial charge in [-0.05, 0) is 51.5 Å². The molecule has 1 atom stereocenters. The van der Waals surface area contributed by atoms with E-state index < -0.39 is 10.0 Å². The third-order valence-corrected chi connectivity index (χ3v) is 8.21. The van der Waals surface area contributed by atoms with Crippen molar-refractivity contribution in [1.29, 1.82) is 0 Å². The first kappa shape index (κ1) is 21.7. The number of sulfonamides is 1. The topological polar surface area (TPSA) is 95.9 Å². The van der Waals surface area contributed by atoms with Gasteiger partial charge in [0.05, 0.1) is 11.4 Å². The Labute approximate surface area is 193 Å². The molecule has 172 valence electrons. The van der Waals surface area contributed by atoms with Crippen molar-refractivity contribution in [3.63, 3.8) is 0 Å². The number of fused-ring (bicyclic) bond motifs is 1.